The summed E-state index contributed by atoms with van der Waals surface area (Å²) in [4.78, 5) is 18.6. The minimum absolute atomic E-state index is 0.639. The number of hydrogen-bond donors (Lipinski definition) is 0. The van der Waals surface area contributed by atoms with Crippen molar-refractivity contribution in [2.45, 2.75) is 13.3 Å². The van der Waals surface area contributed by atoms with Gasteiger partial charge in [-0.2, -0.15) is 0 Å². The predicted octanol–water partition coefficient (Wildman–Crippen LogP) is 1.52. The van der Waals surface area contributed by atoms with Crippen LogP contribution in [0.25, 0.3) is 0 Å². The molecule has 0 aromatic rings. The maximum atomic E-state index is 9.43. The zero-order valence-corrected chi connectivity index (χ0v) is 6.12. The molecule has 56 valence electrons. The number of hydrogen-bond acceptors (Lipinski definition) is 2. The van der Waals surface area contributed by atoms with Crippen LogP contribution >= 0.6 is 0 Å². The van der Waals surface area contributed by atoms with E-state index in [1.807, 2.05) is 6.92 Å². The highest BCUT2D eigenvalue weighted by Gasteiger charge is 1.52. The van der Waals surface area contributed by atoms with Crippen LogP contribution in [0.3, 0.4) is 0 Å². The van der Waals surface area contributed by atoms with E-state index in [2.05, 4.69) is 6.58 Å². The van der Waals surface area contributed by atoms with Crippen molar-refractivity contribution in [1.82, 2.24) is 0 Å². The molecule has 0 radical (unpaired) electrons. The Kier molecular flexibility index (Phi) is 18.2. The Morgan fingerprint density at radius 1 is 1.30 bits per heavy atom. The minimum atomic E-state index is 0.639. The summed E-state index contributed by atoms with van der Waals surface area (Å²) in [5.74, 6) is 0. The second kappa shape index (κ2) is 15.7. The van der Waals surface area contributed by atoms with E-state index in [4.69, 9.17) is 0 Å². The fourth-order valence-corrected chi connectivity index (χ4v) is 0.124. The van der Waals surface area contributed by atoms with Crippen molar-refractivity contribution >= 4 is 12.6 Å². The first kappa shape index (κ1) is 11.6. The lowest BCUT2D eigenvalue weighted by Crippen LogP contribution is -1.55. The Labute approximate surface area is 61.2 Å². The van der Waals surface area contributed by atoms with Gasteiger partial charge in [-0.15, -0.1) is 0 Å². The van der Waals surface area contributed by atoms with Crippen molar-refractivity contribution in [3.8, 4) is 0 Å². The average molecular weight is 140 g/mol. The van der Waals surface area contributed by atoms with Crippen LogP contribution < -0.4 is 0 Å². The summed E-state index contributed by atoms with van der Waals surface area (Å²) in [6.07, 6.45) is 6.73. The van der Waals surface area contributed by atoms with Gasteiger partial charge in [-0.05, 0) is 6.08 Å². The Balaban J connectivity index is 0. The first-order valence-corrected chi connectivity index (χ1v) is 3.00. The summed E-state index contributed by atoms with van der Waals surface area (Å²) in [6, 6.07) is 0. The van der Waals surface area contributed by atoms with Crippen LogP contribution in [0.1, 0.15) is 13.3 Å². The van der Waals surface area contributed by atoms with Gasteiger partial charge in [-0.3, -0.25) is 4.79 Å². The molecule has 10 heavy (non-hydrogen) atoms. The van der Waals surface area contributed by atoms with Gasteiger partial charge in [0, 0.05) is 6.42 Å². The number of allylic oxidation sites excluding steroid dienone is 3. The molecule has 0 amide bonds. The topological polar surface area (TPSA) is 34.1 Å². The van der Waals surface area contributed by atoms with Crippen molar-refractivity contribution in [2.24, 2.45) is 0 Å². The number of carbonyl (C=O) groups excluding carboxylic acids is 2. The largest absolute Gasteiger partial charge is 0.303 e. The minimum Gasteiger partial charge on any atom is -0.303 e. The van der Waals surface area contributed by atoms with Gasteiger partial charge in [0.25, 0.3) is 0 Å². The molecule has 0 saturated heterocycles. The monoisotopic (exact) mass is 140 g/mol. The highest BCUT2D eigenvalue weighted by molar-refractivity contribution is 5.65. The van der Waals surface area contributed by atoms with Crippen LogP contribution in [0.4, 0.5) is 0 Å². The molecular formula is C8H12O2. The lowest BCUT2D eigenvalue weighted by atomic mass is 10.5. The standard InChI is InChI=1S/C5H6O.C3H6O/c1-2-3-4-5-6;1-2-3-4/h2-5H,1H2;3H,2H2,1H3. The van der Waals surface area contributed by atoms with Crippen molar-refractivity contribution in [2.75, 3.05) is 0 Å². The van der Waals surface area contributed by atoms with E-state index < -0.39 is 0 Å². The molecule has 0 N–H and O–H groups in total. The molecule has 0 aromatic heterocycles. The van der Waals surface area contributed by atoms with Crippen molar-refractivity contribution in [3.63, 3.8) is 0 Å². The van der Waals surface area contributed by atoms with Crippen LogP contribution in [0.2, 0.25) is 0 Å². The molecule has 0 atom stereocenters. The summed E-state index contributed by atoms with van der Waals surface area (Å²) in [7, 11) is 0. The Bertz CT molecular complexity index is 104. The lowest BCUT2D eigenvalue weighted by Gasteiger charge is -1.56. The van der Waals surface area contributed by atoms with Gasteiger partial charge < -0.3 is 4.79 Å². The molecule has 0 unspecified atom stereocenters. The smallest absolute Gasteiger partial charge is 0.142 e. The van der Waals surface area contributed by atoms with E-state index >= 15 is 0 Å². The van der Waals surface area contributed by atoms with Crippen LogP contribution in [-0.2, 0) is 9.59 Å². The molecular weight excluding hydrogens is 128 g/mol. The molecule has 2 nitrogen and oxygen atoms in total. The van der Waals surface area contributed by atoms with E-state index in [1.165, 1.54) is 6.08 Å². The van der Waals surface area contributed by atoms with Gasteiger partial charge in [0.15, 0.2) is 0 Å². The Hall–Kier alpha value is -1.18. The molecule has 0 rings (SSSR count). The van der Waals surface area contributed by atoms with Gasteiger partial charge in [0.1, 0.15) is 12.6 Å². The van der Waals surface area contributed by atoms with Gasteiger partial charge in [-0.25, -0.2) is 0 Å². The SMILES string of the molecule is C=CC=CC=O.CCC=O. The molecule has 0 aliphatic heterocycles. The van der Waals surface area contributed by atoms with E-state index in [9.17, 15) is 9.59 Å². The number of rotatable bonds is 3. The maximum Gasteiger partial charge on any atom is 0.142 e. The number of carbonyl (C=O) groups is 2. The third-order valence-electron chi connectivity index (χ3n) is 0.492. The summed E-state index contributed by atoms with van der Waals surface area (Å²) in [5.41, 5.74) is 0. The molecule has 0 aliphatic carbocycles. The first-order valence-electron chi connectivity index (χ1n) is 3.00. The van der Waals surface area contributed by atoms with Crippen LogP contribution in [0.5, 0.6) is 0 Å². The van der Waals surface area contributed by atoms with E-state index in [0.717, 1.165) is 6.29 Å². The molecule has 0 bridgehead atoms. The molecule has 0 fully saturated rings. The zero-order valence-electron chi connectivity index (χ0n) is 6.12. The third-order valence-corrected chi connectivity index (χ3v) is 0.492. The van der Waals surface area contributed by atoms with E-state index in [-0.39, 0.29) is 0 Å². The second-order valence-electron chi connectivity index (χ2n) is 1.33. The second-order valence-corrected chi connectivity index (χ2v) is 1.33. The van der Waals surface area contributed by atoms with Crippen LogP contribution in [-0.4, -0.2) is 12.6 Å². The summed E-state index contributed by atoms with van der Waals surface area (Å²) in [5, 5.41) is 0. The van der Waals surface area contributed by atoms with Crippen LogP contribution in [0, 0.1) is 0 Å². The summed E-state index contributed by atoms with van der Waals surface area (Å²) >= 11 is 0. The third kappa shape index (κ3) is 29.0. The van der Waals surface area contributed by atoms with Gasteiger partial charge >= 0.3 is 0 Å². The van der Waals surface area contributed by atoms with E-state index in [0.29, 0.717) is 12.7 Å². The van der Waals surface area contributed by atoms with Crippen molar-refractivity contribution in [3.05, 3.63) is 24.8 Å². The molecule has 0 spiro atoms. The average Bonchev–Trinajstić information content (AvgIpc) is 2.01. The normalized spacial score (nSPS) is 7.70. The molecule has 2 heteroatoms. The van der Waals surface area contributed by atoms with Crippen LogP contribution in [0.15, 0.2) is 24.8 Å². The Morgan fingerprint density at radius 2 is 1.80 bits per heavy atom. The highest BCUT2D eigenvalue weighted by Crippen LogP contribution is 1.63. The predicted molar refractivity (Wildman–Crippen MR) is 41.8 cm³/mol. The number of aldehydes is 2. The Morgan fingerprint density at radius 3 is 1.90 bits per heavy atom. The summed E-state index contributed by atoms with van der Waals surface area (Å²) < 4.78 is 0. The lowest BCUT2D eigenvalue weighted by molar-refractivity contribution is -0.107. The van der Waals surface area contributed by atoms with Gasteiger partial charge in [-0.1, -0.05) is 25.7 Å². The molecule has 0 aliphatic rings. The van der Waals surface area contributed by atoms with E-state index in [1.54, 1.807) is 12.2 Å². The molecule has 0 heterocycles. The van der Waals surface area contributed by atoms with Gasteiger partial charge in [0.2, 0.25) is 0 Å². The van der Waals surface area contributed by atoms with Crippen molar-refractivity contribution < 1.29 is 9.59 Å². The summed E-state index contributed by atoms with van der Waals surface area (Å²) in [6.45, 7) is 5.16. The molecule has 0 saturated carbocycles. The van der Waals surface area contributed by atoms with Crippen molar-refractivity contribution in [1.29, 1.82) is 0 Å². The zero-order chi connectivity index (χ0) is 8.24. The first-order chi connectivity index (χ1) is 4.83. The highest BCUT2D eigenvalue weighted by atomic mass is 16.1. The fourth-order valence-electron chi connectivity index (χ4n) is 0.124. The quantitative estimate of drug-likeness (QED) is 0.338. The molecule has 0 aromatic carbocycles. The maximum absolute atomic E-state index is 9.43. The van der Waals surface area contributed by atoms with Gasteiger partial charge in [0.05, 0.1) is 0 Å². The fraction of sp³-hybridized carbons (Fsp3) is 0.250.